The lowest BCUT2D eigenvalue weighted by atomic mass is 9.97. The van der Waals surface area contributed by atoms with Crippen molar-refractivity contribution in [3.63, 3.8) is 0 Å². The van der Waals surface area contributed by atoms with Crippen LogP contribution in [0.3, 0.4) is 0 Å². The van der Waals surface area contributed by atoms with Crippen LogP contribution >= 0.6 is 0 Å². The highest BCUT2D eigenvalue weighted by molar-refractivity contribution is 5.98. The second-order valence-electron chi connectivity index (χ2n) is 7.53. The van der Waals surface area contributed by atoms with E-state index in [1.54, 1.807) is 24.3 Å². The molecule has 1 heterocycles. The summed E-state index contributed by atoms with van der Waals surface area (Å²) in [7, 11) is 0. The highest BCUT2D eigenvalue weighted by Crippen LogP contribution is 2.22. The number of nitrogens with two attached hydrogens (primary N) is 1. The molecule has 0 aliphatic heterocycles. The first-order valence-corrected chi connectivity index (χ1v) is 10.3. The Morgan fingerprint density at radius 1 is 1.09 bits per heavy atom. The van der Waals surface area contributed by atoms with Crippen LogP contribution in [0, 0.1) is 13.7 Å². The number of aryl methyl sites for hydroxylation is 2. The predicted octanol–water partition coefficient (Wildman–Crippen LogP) is 4.89. The molecule has 0 aliphatic carbocycles. The van der Waals surface area contributed by atoms with E-state index in [1.807, 2.05) is 0 Å². The smallest absolute Gasteiger partial charge is 0.338 e. The van der Waals surface area contributed by atoms with E-state index in [1.165, 1.54) is 30.5 Å². The molecule has 6 nitrogen and oxygen atoms in total. The van der Waals surface area contributed by atoms with Crippen LogP contribution in [0.2, 0.25) is 0 Å². The van der Waals surface area contributed by atoms with E-state index < -0.39 is 43.6 Å². The van der Waals surface area contributed by atoms with Crippen LogP contribution in [0.15, 0.2) is 79.1 Å². The molecule has 0 fully saturated rings. The number of benzene rings is 3. The average molecular weight is 463 g/mol. The van der Waals surface area contributed by atoms with E-state index in [2.05, 4.69) is 10.3 Å². The summed E-state index contributed by atoms with van der Waals surface area (Å²) in [5.41, 5.74) is 5.89. The van der Waals surface area contributed by atoms with Crippen molar-refractivity contribution >= 4 is 28.3 Å². The Hall–Kier alpha value is -4.03. The number of nitrogens with one attached hydrogen (secondary N) is 1. The van der Waals surface area contributed by atoms with Crippen LogP contribution < -0.4 is 11.1 Å². The van der Waals surface area contributed by atoms with Crippen LogP contribution in [0.5, 0.6) is 0 Å². The Balaban J connectivity index is 1.49. The summed E-state index contributed by atoms with van der Waals surface area (Å²) >= 11 is 0. The molecule has 0 unspecified atom stereocenters. The second-order valence-corrected chi connectivity index (χ2v) is 7.53. The van der Waals surface area contributed by atoms with Crippen LogP contribution in [0.1, 0.15) is 50.9 Å². The third kappa shape index (κ3) is 5.30. The molecule has 4 aromatic rings. The Morgan fingerprint density at radius 2 is 1.94 bits per heavy atom. The summed E-state index contributed by atoms with van der Waals surface area (Å²) in [6, 6.07) is 15.7. The summed E-state index contributed by atoms with van der Waals surface area (Å²) in [6.07, 6.45) is 1.56. The minimum atomic E-state index is -2.76. The third-order valence-electron chi connectivity index (χ3n) is 5.18. The molecule has 6 heteroatoms. The quantitative estimate of drug-likeness (QED) is 0.381. The number of anilines is 1. The first kappa shape index (κ1) is 14.3. The van der Waals surface area contributed by atoms with Gasteiger partial charge in [-0.3, -0.25) is 9.78 Å². The molecule has 0 saturated carbocycles. The lowest BCUT2D eigenvalue weighted by molar-refractivity contribution is -0.117. The number of hydrogen-bond donors (Lipinski definition) is 2. The maximum absolute atomic E-state index is 13.2. The van der Waals surface area contributed by atoms with E-state index in [9.17, 15) is 9.59 Å². The minimum Gasteiger partial charge on any atom is -0.457 e. The van der Waals surface area contributed by atoms with Crippen molar-refractivity contribution in [2.45, 2.75) is 26.2 Å². The number of ether oxygens (including phenoxy) is 1. The zero-order valence-corrected chi connectivity index (χ0v) is 18.0. The summed E-state index contributed by atoms with van der Waals surface area (Å²) in [5.74, 6) is -3.09. The number of rotatable bonds is 7. The van der Waals surface area contributed by atoms with Gasteiger partial charge in [-0.2, -0.15) is 0 Å². The predicted molar refractivity (Wildman–Crippen MR) is 134 cm³/mol. The average Bonchev–Trinajstić information content (AvgIpc) is 2.90. The van der Waals surface area contributed by atoms with Crippen molar-refractivity contribution in [2.24, 2.45) is 5.73 Å². The van der Waals surface area contributed by atoms with Gasteiger partial charge in [0.25, 0.3) is 0 Å². The number of amides is 1. The number of hydrogen-bond acceptors (Lipinski definition) is 5. The Morgan fingerprint density at radius 3 is 2.71 bits per heavy atom. The van der Waals surface area contributed by atoms with E-state index in [0.717, 1.165) is 18.2 Å². The SMILES string of the molecule is [2H]c1nccc2cc(NC(=O)[C@@H](c3ccc(COC(=O)c4ccc(C([2H])([2H])[2H])cc4C([2H])([2H])[2H])cc3)C([2H])([2H])N)ccc12. The molecule has 0 bridgehead atoms. The lowest BCUT2D eigenvalue weighted by Crippen LogP contribution is -2.27. The van der Waals surface area contributed by atoms with Gasteiger partial charge in [0, 0.05) is 40.9 Å². The molecule has 0 aliphatic rings. The van der Waals surface area contributed by atoms with Gasteiger partial charge in [0.15, 0.2) is 0 Å². The Bertz CT molecular complexity index is 1670. The fraction of sp³-hybridized carbons (Fsp3) is 0.179. The van der Waals surface area contributed by atoms with E-state index >= 15 is 0 Å². The maximum atomic E-state index is 13.2. The highest BCUT2D eigenvalue weighted by atomic mass is 16.5. The summed E-state index contributed by atoms with van der Waals surface area (Å²) in [6.45, 7) is -8.04. The maximum Gasteiger partial charge on any atom is 0.338 e. The molecule has 3 N–H and O–H groups in total. The number of pyridine rings is 1. The van der Waals surface area contributed by atoms with Gasteiger partial charge in [-0.25, -0.2) is 4.79 Å². The molecule has 4 rings (SSSR count). The molecule has 0 saturated heterocycles. The van der Waals surface area contributed by atoms with E-state index in [4.69, 9.17) is 22.8 Å². The van der Waals surface area contributed by atoms with E-state index in [0.29, 0.717) is 22.0 Å². The van der Waals surface area contributed by atoms with Crippen molar-refractivity contribution in [3.05, 3.63) is 107 Å². The van der Waals surface area contributed by atoms with Crippen LogP contribution in [-0.4, -0.2) is 23.4 Å². The molecule has 172 valence electrons. The molecule has 1 atom stereocenters. The third-order valence-corrected chi connectivity index (χ3v) is 5.18. The van der Waals surface area contributed by atoms with Gasteiger partial charge >= 0.3 is 5.97 Å². The first-order valence-electron chi connectivity index (χ1n) is 14.8. The minimum absolute atomic E-state index is 0.0847. The van der Waals surface area contributed by atoms with Crippen molar-refractivity contribution < 1.29 is 26.7 Å². The normalized spacial score (nSPS) is 16.8. The van der Waals surface area contributed by atoms with Gasteiger partial charge in [0.1, 0.15) is 6.61 Å². The molecule has 0 spiro atoms. The number of carbonyl (C=O) groups excluding carboxylic acids is 2. The molecule has 1 aromatic heterocycles. The first-order chi connectivity index (χ1) is 19.9. The fourth-order valence-electron chi connectivity index (χ4n) is 3.40. The van der Waals surface area contributed by atoms with Gasteiger partial charge in [0.2, 0.25) is 5.91 Å². The summed E-state index contributed by atoms with van der Waals surface area (Å²) in [5, 5.41) is 3.93. The van der Waals surface area contributed by atoms with Gasteiger partial charge in [0.05, 0.1) is 12.9 Å². The second kappa shape index (κ2) is 10.3. The fourth-order valence-corrected chi connectivity index (χ4v) is 3.40. The monoisotopic (exact) mass is 462 g/mol. The number of fused-ring (bicyclic) bond motifs is 1. The molecular formula is C28H27N3O3. The van der Waals surface area contributed by atoms with Crippen molar-refractivity contribution in [2.75, 3.05) is 11.8 Å². The summed E-state index contributed by atoms with van der Waals surface area (Å²) < 4.78 is 75.1. The summed E-state index contributed by atoms with van der Waals surface area (Å²) in [4.78, 5) is 29.9. The van der Waals surface area contributed by atoms with Gasteiger partial charge in [-0.1, -0.05) is 48.0 Å². The number of aromatic nitrogens is 1. The molecular weight excluding hydrogens is 426 g/mol. The lowest BCUT2D eigenvalue weighted by Gasteiger charge is -2.16. The number of nitrogens with zero attached hydrogens (tertiary/aromatic N) is 1. The molecule has 3 aromatic carbocycles. The molecule has 0 radical (unpaired) electrons. The Labute approximate surface area is 211 Å². The number of esters is 1. The van der Waals surface area contributed by atoms with Crippen molar-refractivity contribution in [3.8, 4) is 0 Å². The van der Waals surface area contributed by atoms with Crippen molar-refractivity contribution in [1.82, 2.24) is 4.98 Å². The standard InChI is InChI=1S/C28H27N3O3/c1-18-3-10-25(19(2)13-18)28(33)34-17-20-4-6-21(7-5-20)26(15-29)27(32)31-24-9-8-23-16-30-12-11-22(23)14-24/h3-14,16,26H,15,17,29H2,1-2H3,(H,31,32)/t26-/m1/s1/i1D3,2D3,15D2,16D. The van der Waals surface area contributed by atoms with Gasteiger partial charge in [-0.05, 0) is 60.0 Å². The zero-order valence-electron chi connectivity index (χ0n) is 27.0. The van der Waals surface area contributed by atoms with Gasteiger partial charge < -0.3 is 15.8 Å². The Kier molecular flexibility index (Phi) is 4.31. The van der Waals surface area contributed by atoms with E-state index in [-0.39, 0.29) is 29.5 Å². The molecule has 34 heavy (non-hydrogen) atoms. The number of carbonyl (C=O) groups is 2. The largest absolute Gasteiger partial charge is 0.457 e. The topological polar surface area (TPSA) is 94.3 Å². The van der Waals surface area contributed by atoms with Gasteiger partial charge in [-0.15, -0.1) is 0 Å². The van der Waals surface area contributed by atoms with Crippen molar-refractivity contribution in [1.29, 1.82) is 0 Å². The van der Waals surface area contributed by atoms with Crippen LogP contribution in [0.4, 0.5) is 5.69 Å². The van der Waals surface area contributed by atoms with Crippen LogP contribution in [-0.2, 0) is 16.1 Å². The van der Waals surface area contributed by atoms with Crippen LogP contribution in [0.25, 0.3) is 10.8 Å². The highest BCUT2D eigenvalue weighted by Gasteiger charge is 2.19. The molecule has 1 amide bonds. The zero-order chi connectivity index (χ0) is 31.7.